The van der Waals surface area contributed by atoms with Crippen molar-refractivity contribution in [2.45, 2.75) is 30.7 Å². The van der Waals surface area contributed by atoms with Crippen LogP contribution in [-0.4, -0.2) is 27.7 Å². The van der Waals surface area contributed by atoms with Gasteiger partial charge in [-0.05, 0) is 42.7 Å². The lowest BCUT2D eigenvalue weighted by Crippen LogP contribution is -2.53. The highest BCUT2D eigenvalue weighted by Crippen LogP contribution is 2.58. The third-order valence-corrected chi connectivity index (χ3v) is 7.08. The maximum Gasteiger partial charge on any atom is 0.234 e. The van der Waals surface area contributed by atoms with E-state index < -0.39 is 0 Å². The normalized spacial score (nSPS) is 31.1. The zero-order chi connectivity index (χ0) is 14.0. The Kier molecular flexibility index (Phi) is 2.35. The van der Waals surface area contributed by atoms with Gasteiger partial charge in [0.2, 0.25) is 5.91 Å². The Morgan fingerprint density at radius 1 is 1.19 bits per heavy atom. The first kappa shape index (κ1) is 12.2. The molecule has 4 heteroatoms. The zero-order valence-corrected chi connectivity index (χ0v) is 12.7. The van der Waals surface area contributed by atoms with E-state index in [9.17, 15) is 4.79 Å². The quantitative estimate of drug-likeness (QED) is 0.746. The van der Waals surface area contributed by atoms with E-state index >= 15 is 0 Å². The number of amides is 1. The predicted molar refractivity (Wildman–Crippen MR) is 85.1 cm³/mol. The summed E-state index contributed by atoms with van der Waals surface area (Å²) in [5.41, 5.74) is 2.70. The number of carbonyl (C=O) groups is 1. The highest BCUT2D eigenvalue weighted by atomic mass is 32.2. The fraction of sp³-hybridized carbons (Fsp3) is 0.471. The predicted octanol–water partition coefficient (Wildman–Crippen LogP) is 3.18. The summed E-state index contributed by atoms with van der Waals surface area (Å²) in [6.07, 6.45) is 3.62. The number of aromatic nitrogens is 1. The van der Waals surface area contributed by atoms with Crippen molar-refractivity contribution in [2.24, 2.45) is 5.92 Å². The first-order valence-electron chi connectivity index (χ1n) is 7.84. The van der Waals surface area contributed by atoms with Crippen molar-refractivity contribution in [3.05, 3.63) is 36.0 Å². The number of rotatable bonds is 0. The van der Waals surface area contributed by atoms with E-state index in [1.807, 2.05) is 11.8 Å². The fourth-order valence-electron chi connectivity index (χ4n) is 4.63. The van der Waals surface area contributed by atoms with Crippen LogP contribution < -0.4 is 0 Å². The standard InChI is InChI=1S/C17H18N2OS/c20-16-11-21-17-13(5-3-8-19(16)17)7-9-18-14-6-2-1-4-12(14)10-15(17)18/h1-2,4,6,10,13H,3,5,7-9,11H2. The van der Waals surface area contributed by atoms with E-state index in [-0.39, 0.29) is 4.87 Å². The van der Waals surface area contributed by atoms with Crippen LogP contribution in [0, 0.1) is 5.92 Å². The Labute approximate surface area is 128 Å². The molecular weight excluding hydrogens is 280 g/mol. The molecule has 2 aromatic rings. The lowest BCUT2D eigenvalue weighted by Gasteiger charge is -2.50. The number of fused-ring (bicyclic) bond motifs is 3. The minimum atomic E-state index is -0.0768. The lowest BCUT2D eigenvalue weighted by molar-refractivity contribution is -0.134. The van der Waals surface area contributed by atoms with Crippen molar-refractivity contribution < 1.29 is 4.79 Å². The van der Waals surface area contributed by atoms with Gasteiger partial charge >= 0.3 is 0 Å². The van der Waals surface area contributed by atoms with E-state index in [1.54, 1.807) is 0 Å². The van der Waals surface area contributed by atoms with Crippen LogP contribution in [0.3, 0.4) is 0 Å². The molecule has 0 bridgehead atoms. The molecule has 3 aliphatic heterocycles. The minimum absolute atomic E-state index is 0.0768. The summed E-state index contributed by atoms with van der Waals surface area (Å²) >= 11 is 1.88. The van der Waals surface area contributed by atoms with Gasteiger partial charge in [-0.1, -0.05) is 18.2 Å². The van der Waals surface area contributed by atoms with Gasteiger partial charge in [-0.2, -0.15) is 0 Å². The Morgan fingerprint density at radius 3 is 3.05 bits per heavy atom. The van der Waals surface area contributed by atoms with Gasteiger partial charge in [-0.3, -0.25) is 4.79 Å². The molecule has 21 heavy (non-hydrogen) atoms. The Bertz CT molecular complexity index is 752. The van der Waals surface area contributed by atoms with E-state index in [1.165, 1.54) is 35.9 Å². The molecule has 0 radical (unpaired) electrons. The second-order valence-electron chi connectivity index (χ2n) is 6.40. The summed E-state index contributed by atoms with van der Waals surface area (Å²) in [5.74, 6) is 1.61. The van der Waals surface area contributed by atoms with Crippen molar-refractivity contribution in [1.82, 2.24) is 9.47 Å². The van der Waals surface area contributed by atoms with Crippen molar-refractivity contribution >= 4 is 28.6 Å². The van der Waals surface area contributed by atoms with Gasteiger partial charge in [0.05, 0.1) is 11.4 Å². The first-order chi connectivity index (χ1) is 10.3. The number of para-hydroxylation sites is 1. The average Bonchev–Trinajstić information content (AvgIpc) is 3.06. The molecule has 1 aromatic carbocycles. The fourth-order valence-corrected chi connectivity index (χ4v) is 6.26. The lowest BCUT2D eigenvalue weighted by atomic mass is 9.81. The van der Waals surface area contributed by atoms with Crippen molar-refractivity contribution in [3.63, 3.8) is 0 Å². The molecule has 0 aliphatic carbocycles. The van der Waals surface area contributed by atoms with Crippen LogP contribution >= 0.6 is 11.8 Å². The number of piperidine rings is 1. The van der Waals surface area contributed by atoms with Gasteiger partial charge < -0.3 is 9.47 Å². The third-order valence-electron chi connectivity index (χ3n) is 5.48. The number of thioether (sulfide) groups is 1. The van der Waals surface area contributed by atoms with Crippen molar-refractivity contribution in [3.8, 4) is 0 Å². The van der Waals surface area contributed by atoms with Crippen molar-refractivity contribution in [1.29, 1.82) is 0 Å². The Hall–Kier alpha value is -1.42. The SMILES string of the molecule is O=C1CSC23c4cc5ccccc5n4CCC2CCCN13. The molecule has 4 heterocycles. The molecule has 1 amide bonds. The summed E-state index contributed by atoms with van der Waals surface area (Å²) < 4.78 is 2.47. The van der Waals surface area contributed by atoms with E-state index in [0.29, 0.717) is 17.6 Å². The number of hydrogen-bond acceptors (Lipinski definition) is 2. The Morgan fingerprint density at radius 2 is 2.10 bits per heavy atom. The molecule has 0 saturated carbocycles. The number of hydrogen-bond donors (Lipinski definition) is 0. The van der Waals surface area contributed by atoms with Gasteiger partial charge in [-0.15, -0.1) is 11.8 Å². The van der Waals surface area contributed by atoms with Gasteiger partial charge in [0.15, 0.2) is 0 Å². The van der Waals surface area contributed by atoms with Crippen LogP contribution in [0.5, 0.6) is 0 Å². The highest BCUT2D eigenvalue weighted by molar-refractivity contribution is 8.01. The molecule has 2 atom stereocenters. The third kappa shape index (κ3) is 1.39. The maximum absolute atomic E-state index is 12.4. The topological polar surface area (TPSA) is 25.2 Å². The average molecular weight is 298 g/mol. The minimum Gasteiger partial charge on any atom is -0.342 e. The highest BCUT2D eigenvalue weighted by Gasteiger charge is 2.57. The molecular formula is C17H18N2OS. The molecule has 3 nitrogen and oxygen atoms in total. The van der Waals surface area contributed by atoms with E-state index in [4.69, 9.17) is 0 Å². The monoisotopic (exact) mass is 298 g/mol. The van der Waals surface area contributed by atoms with Crippen LogP contribution in [0.2, 0.25) is 0 Å². The van der Waals surface area contributed by atoms with Crippen LogP contribution in [0.4, 0.5) is 0 Å². The molecule has 0 N–H and O–H groups in total. The van der Waals surface area contributed by atoms with Crippen LogP contribution in [0.25, 0.3) is 10.9 Å². The zero-order valence-electron chi connectivity index (χ0n) is 11.9. The number of aryl methyl sites for hydroxylation is 1. The van der Waals surface area contributed by atoms with Gasteiger partial charge in [-0.25, -0.2) is 0 Å². The summed E-state index contributed by atoms with van der Waals surface area (Å²) in [6.45, 7) is 2.03. The largest absolute Gasteiger partial charge is 0.342 e. The number of nitrogens with zero attached hydrogens (tertiary/aromatic N) is 2. The molecule has 5 rings (SSSR count). The molecule has 2 fully saturated rings. The number of benzene rings is 1. The summed E-state index contributed by atoms with van der Waals surface area (Å²) in [4.78, 5) is 14.5. The molecule has 1 spiro atoms. The van der Waals surface area contributed by atoms with E-state index in [2.05, 4.69) is 39.8 Å². The smallest absolute Gasteiger partial charge is 0.234 e. The maximum atomic E-state index is 12.4. The second kappa shape index (κ2) is 4.07. The second-order valence-corrected chi connectivity index (χ2v) is 7.60. The van der Waals surface area contributed by atoms with E-state index in [0.717, 1.165) is 13.1 Å². The van der Waals surface area contributed by atoms with Crippen LogP contribution in [0.15, 0.2) is 30.3 Å². The van der Waals surface area contributed by atoms with Gasteiger partial charge in [0, 0.05) is 18.6 Å². The molecule has 3 aliphatic rings. The van der Waals surface area contributed by atoms with Crippen LogP contribution in [-0.2, 0) is 16.2 Å². The summed E-state index contributed by atoms with van der Waals surface area (Å²) in [7, 11) is 0. The summed E-state index contributed by atoms with van der Waals surface area (Å²) in [6, 6.07) is 11.0. The van der Waals surface area contributed by atoms with Gasteiger partial charge in [0.25, 0.3) is 0 Å². The molecule has 1 aromatic heterocycles. The van der Waals surface area contributed by atoms with Crippen molar-refractivity contribution in [2.75, 3.05) is 12.3 Å². The first-order valence-corrected chi connectivity index (χ1v) is 8.82. The molecule has 2 unspecified atom stereocenters. The molecule has 108 valence electrons. The molecule has 2 saturated heterocycles. The number of carbonyl (C=O) groups excluding carboxylic acids is 1. The summed E-state index contributed by atoms with van der Waals surface area (Å²) in [5, 5.41) is 1.31. The van der Waals surface area contributed by atoms with Gasteiger partial charge in [0.1, 0.15) is 4.87 Å². The Balaban J connectivity index is 1.80. The van der Waals surface area contributed by atoms with Crippen LogP contribution in [0.1, 0.15) is 25.0 Å².